The van der Waals surface area contributed by atoms with Gasteiger partial charge in [0.05, 0.1) is 5.41 Å². The van der Waals surface area contributed by atoms with E-state index < -0.39 is 0 Å². The molecule has 0 aromatic heterocycles. The Labute approximate surface area is 104 Å². The van der Waals surface area contributed by atoms with E-state index in [0.717, 1.165) is 45.7 Å². The Morgan fingerprint density at radius 1 is 1.41 bits per heavy atom. The SMILES string of the molecule is CCN1CCC(N2CCNCC(C)(C)C2=O)C1. The lowest BCUT2D eigenvalue weighted by molar-refractivity contribution is -0.141. The molecule has 1 atom stereocenters. The number of carbonyl (C=O) groups excluding carboxylic acids is 1. The predicted octanol–water partition coefficient (Wildman–Crippen LogP) is 0.539. The van der Waals surface area contributed by atoms with Crippen LogP contribution in [0.25, 0.3) is 0 Å². The third kappa shape index (κ3) is 2.63. The summed E-state index contributed by atoms with van der Waals surface area (Å²) in [6.07, 6.45) is 1.13. The quantitative estimate of drug-likeness (QED) is 0.764. The molecule has 2 aliphatic heterocycles. The molecule has 98 valence electrons. The van der Waals surface area contributed by atoms with Gasteiger partial charge in [0.1, 0.15) is 0 Å². The highest BCUT2D eigenvalue weighted by atomic mass is 16.2. The van der Waals surface area contributed by atoms with Crippen LogP contribution in [-0.2, 0) is 4.79 Å². The fraction of sp³-hybridized carbons (Fsp3) is 0.923. The predicted molar refractivity (Wildman–Crippen MR) is 68.9 cm³/mol. The van der Waals surface area contributed by atoms with Gasteiger partial charge in [0.15, 0.2) is 0 Å². The van der Waals surface area contributed by atoms with Crippen molar-refractivity contribution in [2.24, 2.45) is 5.41 Å². The van der Waals surface area contributed by atoms with Crippen molar-refractivity contribution in [3.8, 4) is 0 Å². The molecule has 2 aliphatic rings. The molecule has 0 bridgehead atoms. The van der Waals surface area contributed by atoms with Gasteiger partial charge in [-0.05, 0) is 26.8 Å². The highest BCUT2D eigenvalue weighted by molar-refractivity contribution is 5.83. The molecule has 2 fully saturated rings. The van der Waals surface area contributed by atoms with Crippen molar-refractivity contribution in [3.05, 3.63) is 0 Å². The summed E-state index contributed by atoms with van der Waals surface area (Å²) in [4.78, 5) is 17.1. The van der Waals surface area contributed by atoms with Gasteiger partial charge in [0.2, 0.25) is 5.91 Å². The minimum atomic E-state index is -0.254. The highest BCUT2D eigenvalue weighted by Gasteiger charge is 2.38. The summed E-state index contributed by atoms with van der Waals surface area (Å²) < 4.78 is 0. The smallest absolute Gasteiger partial charge is 0.229 e. The van der Waals surface area contributed by atoms with Crippen molar-refractivity contribution in [3.63, 3.8) is 0 Å². The molecule has 2 saturated heterocycles. The van der Waals surface area contributed by atoms with Gasteiger partial charge in [-0.2, -0.15) is 0 Å². The van der Waals surface area contributed by atoms with Crippen LogP contribution in [0, 0.1) is 5.41 Å². The summed E-state index contributed by atoms with van der Waals surface area (Å²) in [5.74, 6) is 0.324. The Hall–Kier alpha value is -0.610. The van der Waals surface area contributed by atoms with Crippen LogP contribution < -0.4 is 5.32 Å². The molecule has 0 radical (unpaired) electrons. The average molecular weight is 239 g/mol. The highest BCUT2D eigenvalue weighted by Crippen LogP contribution is 2.24. The number of hydrogen-bond donors (Lipinski definition) is 1. The van der Waals surface area contributed by atoms with Crippen molar-refractivity contribution in [2.45, 2.75) is 33.2 Å². The molecule has 17 heavy (non-hydrogen) atoms. The number of hydrogen-bond acceptors (Lipinski definition) is 3. The molecule has 4 nitrogen and oxygen atoms in total. The van der Waals surface area contributed by atoms with E-state index >= 15 is 0 Å². The molecule has 2 heterocycles. The van der Waals surface area contributed by atoms with Gasteiger partial charge in [0.25, 0.3) is 0 Å². The molecule has 2 rings (SSSR count). The second kappa shape index (κ2) is 4.94. The lowest BCUT2D eigenvalue weighted by atomic mass is 9.91. The van der Waals surface area contributed by atoms with Crippen LogP contribution in [-0.4, -0.2) is 61.0 Å². The van der Waals surface area contributed by atoms with Crippen LogP contribution >= 0.6 is 0 Å². The van der Waals surface area contributed by atoms with Gasteiger partial charge < -0.3 is 15.1 Å². The van der Waals surface area contributed by atoms with Crippen LogP contribution in [0.5, 0.6) is 0 Å². The molecule has 0 spiro atoms. The van der Waals surface area contributed by atoms with E-state index in [0.29, 0.717) is 11.9 Å². The molecule has 1 N–H and O–H groups in total. The lowest BCUT2D eigenvalue weighted by Gasteiger charge is -2.33. The minimum Gasteiger partial charge on any atom is -0.337 e. The van der Waals surface area contributed by atoms with E-state index in [1.807, 2.05) is 13.8 Å². The van der Waals surface area contributed by atoms with Crippen LogP contribution in [0.3, 0.4) is 0 Å². The molecule has 0 aromatic carbocycles. The summed E-state index contributed by atoms with van der Waals surface area (Å²) in [5.41, 5.74) is -0.254. The zero-order chi connectivity index (χ0) is 12.5. The van der Waals surface area contributed by atoms with E-state index in [-0.39, 0.29) is 5.41 Å². The monoisotopic (exact) mass is 239 g/mol. The van der Waals surface area contributed by atoms with Crippen molar-refractivity contribution < 1.29 is 4.79 Å². The molecule has 0 aliphatic carbocycles. The molecule has 4 heteroatoms. The fourth-order valence-electron chi connectivity index (χ4n) is 2.87. The van der Waals surface area contributed by atoms with Crippen molar-refractivity contribution in [2.75, 3.05) is 39.3 Å². The molecule has 1 amide bonds. The molecule has 0 saturated carbocycles. The maximum absolute atomic E-state index is 12.5. The second-order valence-corrected chi connectivity index (χ2v) is 5.89. The number of rotatable bonds is 2. The first-order chi connectivity index (χ1) is 8.04. The molecular formula is C13H25N3O. The largest absolute Gasteiger partial charge is 0.337 e. The van der Waals surface area contributed by atoms with Gasteiger partial charge in [0, 0.05) is 38.8 Å². The van der Waals surface area contributed by atoms with Crippen LogP contribution in [0.1, 0.15) is 27.2 Å². The van der Waals surface area contributed by atoms with E-state index in [9.17, 15) is 4.79 Å². The third-order valence-electron chi connectivity index (χ3n) is 4.07. The number of likely N-dealkylation sites (tertiary alicyclic amines) is 1. The number of nitrogens with zero attached hydrogens (tertiary/aromatic N) is 2. The van der Waals surface area contributed by atoms with Gasteiger partial charge in [-0.3, -0.25) is 4.79 Å². The van der Waals surface area contributed by atoms with Crippen LogP contribution in [0.4, 0.5) is 0 Å². The van der Waals surface area contributed by atoms with Gasteiger partial charge in [-0.1, -0.05) is 6.92 Å². The number of amides is 1. The minimum absolute atomic E-state index is 0.254. The molecular weight excluding hydrogens is 214 g/mol. The maximum Gasteiger partial charge on any atom is 0.229 e. The fourth-order valence-corrected chi connectivity index (χ4v) is 2.87. The third-order valence-corrected chi connectivity index (χ3v) is 4.07. The summed E-state index contributed by atoms with van der Waals surface area (Å²) >= 11 is 0. The van der Waals surface area contributed by atoms with E-state index in [4.69, 9.17) is 0 Å². The van der Waals surface area contributed by atoms with Crippen LogP contribution in [0.2, 0.25) is 0 Å². The Bertz CT molecular complexity index is 290. The lowest BCUT2D eigenvalue weighted by Crippen LogP contribution is -2.48. The van der Waals surface area contributed by atoms with E-state index in [2.05, 4.69) is 22.0 Å². The zero-order valence-electron chi connectivity index (χ0n) is 11.3. The first-order valence-electron chi connectivity index (χ1n) is 6.79. The van der Waals surface area contributed by atoms with Gasteiger partial charge in [-0.15, -0.1) is 0 Å². The second-order valence-electron chi connectivity index (χ2n) is 5.89. The Morgan fingerprint density at radius 2 is 2.18 bits per heavy atom. The Morgan fingerprint density at radius 3 is 2.82 bits per heavy atom. The molecule has 0 aromatic rings. The maximum atomic E-state index is 12.5. The number of nitrogens with one attached hydrogen (secondary N) is 1. The van der Waals surface area contributed by atoms with Crippen molar-refractivity contribution in [1.82, 2.24) is 15.1 Å². The van der Waals surface area contributed by atoms with Crippen molar-refractivity contribution >= 4 is 5.91 Å². The summed E-state index contributed by atoms with van der Waals surface area (Å²) in [6.45, 7) is 12.2. The van der Waals surface area contributed by atoms with Crippen LogP contribution in [0.15, 0.2) is 0 Å². The van der Waals surface area contributed by atoms with Crippen molar-refractivity contribution in [1.29, 1.82) is 0 Å². The normalized spacial score (nSPS) is 30.6. The van der Waals surface area contributed by atoms with E-state index in [1.54, 1.807) is 0 Å². The number of carbonyl (C=O) groups is 1. The summed E-state index contributed by atoms with van der Waals surface area (Å²) in [7, 11) is 0. The molecule has 1 unspecified atom stereocenters. The Balaban J connectivity index is 2.06. The first kappa shape index (κ1) is 12.8. The topological polar surface area (TPSA) is 35.6 Å². The van der Waals surface area contributed by atoms with E-state index in [1.165, 1.54) is 0 Å². The number of likely N-dealkylation sites (N-methyl/N-ethyl adjacent to an activating group) is 1. The first-order valence-corrected chi connectivity index (χ1v) is 6.79. The van der Waals surface area contributed by atoms with Gasteiger partial charge >= 0.3 is 0 Å². The standard InChI is InChI=1S/C13H25N3O/c1-4-15-7-5-11(9-15)16-8-6-14-10-13(2,3)12(16)17/h11,14H,4-10H2,1-3H3. The van der Waals surface area contributed by atoms with Gasteiger partial charge in [-0.25, -0.2) is 0 Å². The Kier molecular flexibility index (Phi) is 3.73. The summed E-state index contributed by atoms with van der Waals surface area (Å²) in [6, 6.07) is 0.432. The average Bonchev–Trinajstić information content (AvgIpc) is 2.72. The zero-order valence-corrected chi connectivity index (χ0v) is 11.3. The summed E-state index contributed by atoms with van der Waals surface area (Å²) in [5, 5.41) is 3.37.